The number of thioether (sulfide) groups is 1. The molecular formula is C15H12N4O3S2. The van der Waals surface area contributed by atoms with Crippen molar-refractivity contribution in [2.75, 3.05) is 5.32 Å². The maximum atomic E-state index is 12.2. The zero-order valence-corrected chi connectivity index (χ0v) is 14.4. The smallest absolute Gasteiger partial charge is 0.277 e. The molecule has 3 rings (SSSR count). The number of nitriles is 1. The molecule has 3 aromatic rings. The van der Waals surface area contributed by atoms with Crippen molar-refractivity contribution in [1.82, 2.24) is 10.2 Å². The lowest BCUT2D eigenvalue weighted by molar-refractivity contribution is -0.115. The maximum Gasteiger partial charge on any atom is 0.277 e. The molecule has 0 radical (unpaired) electrons. The third-order valence-electron chi connectivity index (χ3n) is 3.16. The van der Waals surface area contributed by atoms with Crippen LogP contribution in [0.4, 0.5) is 5.00 Å². The summed E-state index contributed by atoms with van der Waals surface area (Å²) in [5.74, 6) is 0.794. The number of rotatable bonds is 5. The van der Waals surface area contributed by atoms with E-state index >= 15 is 0 Å². The minimum absolute atomic E-state index is 0.238. The maximum absolute atomic E-state index is 12.2. The van der Waals surface area contributed by atoms with Gasteiger partial charge in [-0.3, -0.25) is 4.79 Å². The first-order valence-corrected chi connectivity index (χ1v) is 8.67. The van der Waals surface area contributed by atoms with Gasteiger partial charge < -0.3 is 14.2 Å². The van der Waals surface area contributed by atoms with E-state index in [0.717, 1.165) is 17.3 Å². The minimum Gasteiger partial charge on any atom is -0.469 e. The molecule has 3 aromatic heterocycles. The number of hydrogen-bond donors (Lipinski definition) is 1. The number of nitrogens with zero attached hydrogens (tertiary/aromatic N) is 3. The molecule has 24 heavy (non-hydrogen) atoms. The van der Waals surface area contributed by atoms with Crippen LogP contribution in [0.2, 0.25) is 0 Å². The molecule has 3 heterocycles. The van der Waals surface area contributed by atoms with Gasteiger partial charge in [-0.1, -0.05) is 11.8 Å². The molecule has 0 aliphatic rings. The molecule has 0 aromatic carbocycles. The Morgan fingerprint density at radius 3 is 3.00 bits per heavy atom. The summed E-state index contributed by atoms with van der Waals surface area (Å²) in [6.07, 6.45) is 1.55. The average Bonchev–Trinajstić information content (AvgIpc) is 3.28. The largest absolute Gasteiger partial charge is 0.469 e. The van der Waals surface area contributed by atoms with Crippen molar-refractivity contribution < 1.29 is 13.6 Å². The molecular weight excluding hydrogens is 348 g/mol. The van der Waals surface area contributed by atoms with Gasteiger partial charge in [-0.25, -0.2) is 0 Å². The number of aromatic nitrogens is 2. The Morgan fingerprint density at radius 1 is 1.46 bits per heavy atom. The second-order valence-electron chi connectivity index (χ2n) is 4.79. The molecule has 0 fully saturated rings. The van der Waals surface area contributed by atoms with Crippen molar-refractivity contribution >= 4 is 34.0 Å². The van der Waals surface area contributed by atoms with Crippen LogP contribution >= 0.6 is 23.1 Å². The summed E-state index contributed by atoms with van der Waals surface area (Å²) in [6.45, 7) is 3.53. The fourth-order valence-electron chi connectivity index (χ4n) is 1.89. The Bertz CT molecular complexity index is 906. The number of carbonyl (C=O) groups is 1. The van der Waals surface area contributed by atoms with E-state index in [9.17, 15) is 4.79 Å². The Balaban J connectivity index is 1.66. The fraction of sp³-hybridized carbons (Fsp3) is 0.200. The molecule has 0 bridgehead atoms. The van der Waals surface area contributed by atoms with Gasteiger partial charge in [0.1, 0.15) is 16.8 Å². The Morgan fingerprint density at radius 2 is 2.29 bits per heavy atom. The topological polar surface area (TPSA) is 105 Å². The zero-order valence-electron chi connectivity index (χ0n) is 12.8. The van der Waals surface area contributed by atoms with Crippen LogP contribution in [-0.2, 0) is 4.79 Å². The first-order valence-electron chi connectivity index (χ1n) is 6.91. The van der Waals surface area contributed by atoms with Gasteiger partial charge >= 0.3 is 0 Å². The molecule has 1 N–H and O–H groups in total. The molecule has 0 saturated carbocycles. The molecule has 0 aliphatic carbocycles. The average molecular weight is 360 g/mol. The van der Waals surface area contributed by atoms with Crippen LogP contribution in [0.1, 0.15) is 18.2 Å². The van der Waals surface area contributed by atoms with Gasteiger partial charge in [-0.2, -0.15) is 5.26 Å². The summed E-state index contributed by atoms with van der Waals surface area (Å²) in [4.78, 5) is 12.2. The van der Waals surface area contributed by atoms with Crippen molar-refractivity contribution in [1.29, 1.82) is 5.26 Å². The van der Waals surface area contributed by atoms with E-state index in [1.165, 1.54) is 11.3 Å². The summed E-state index contributed by atoms with van der Waals surface area (Å²) < 4.78 is 10.8. The Labute approximate surface area is 145 Å². The van der Waals surface area contributed by atoms with Gasteiger partial charge in [0.05, 0.1) is 22.6 Å². The molecule has 0 saturated heterocycles. The predicted octanol–water partition coefficient (Wildman–Crippen LogP) is 3.69. The minimum atomic E-state index is -0.461. The SMILES string of the molecule is Cc1occc1-c1nnc(S[C@@H](C)C(=O)Nc2sccc2C#N)o1. The molecule has 9 heteroatoms. The number of carbonyl (C=O) groups excluding carboxylic acids is 1. The second-order valence-corrected chi connectivity index (χ2v) is 7.00. The van der Waals surface area contributed by atoms with Crippen LogP contribution in [0.3, 0.4) is 0 Å². The van der Waals surface area contributed by atoms with E-state index in [4.69, 9.17) is 14.1 Å². The lowest BCUT2D eigenvalue weighted by Gasteiger charge is -2.08. The van der Waals surface area contributed by atoms with E-state index in [2.05, 4.69) is 15.5 Å². The van der Waals surface area contributed by atoms with Crippen LogP contribution in [0.15, 0.2) is 37.8 Å². The van der Waals surface area contributed by atoms with Crippen LogP contribution < -0.4 is 5.32 Å². The molecule has 0 spiro atoms. The predicted molar refractivity (Wildman–Crippen MR) is 89.7 cm³/mol. The van der Waals surface area contributed by atoms with Crippen molar-refractivity contribution in [3.05, 3.63) is 35.1 Å². The molecule has 7 nitrogen and oxygen atoms in total. The quantitative estimate of drug-likeness (QED) is 0.692. The number of aryl methyl sites for hydroxylation is 1. The van der Waals surface area contributed by atoms with Crippen molar-refractivity contribution in [3.63, 3.8) is 0 Å². The lowest BCUT2D eigenvalue weighted by Crippen LogP contribution is -2.22. The van der Waals surface area contributed by atoms with Gasteiger partial charge in [-0.15, -0.1) is 21.5 Å². The van der Waals surface area contributed by atoms with Crippen molar-refractivity contribution in [2.45, 2.75) is 24.3 Å². The van der Waals surface area contributed by atoms with E-state index in [-0.39, 0.29) is 5.91 Å². The molecule has 1 atom stereocenters. The number of nitrogens with one attached hydrogen (secondary N) is 1. The summed E-state index contributed by atoms with van der Waals surface area (Å²) in [5.41, 5.74) is 1.17. The van der Waals surface area contributed by atoms with Crippen LogP contribution in [0.5, 0.6) is 0 Å². The monoisotopic (exact) mass is 360 g/mol. The normalized spacial score (nSPS) is 11.9. The van der Waals surface area contributed by atoms with E-state index < -0.39 is 5.25 Å². The highest BCUT2D eigenvalue weighted by Gasteiger charge is 2.21. The highest BCUT2D eigenvalue weighted by atomic mass is 32.2. The van der Waals surface area contributed by atoms with Gasteiger partial charge in [0.2, 0.25) is 5.91 Å². The zero-order chi connectivity index (χ0) is 17.1. The number of furan rings is 1. The third kappa shape index (κ3) is 3.34. The van der Waals surface area contributed by atoms with E-state index in [1.807, 2.05) is 6.07 Å². The van der Waals surface area contributed by atoms with E-state index in [1.54, 1.807) is 37.6 Å². The number of anilines is 1. The van der Waals surface area contributed by atoms with Crippen molar-refractivity contribution in [2.24, 2.45) is 0 Å². The van der Waals surface area contributed by atoms with Gasteiger partial charge in [-0.05, 0) is 31.4 Å². The third-order valence-corrected chi connectivity index (χ3v) is 4.93. The standard InChI is InChI=1S/C15H12N4O3S2/c1-8-11(3-5-21-8)13-18-19-15(22-13)24-9(2)12(20)17-14-10(7-16)4-6-23-14/h3-6,9H,1-2H3,(H,17,20)/t9-/m0/s1. The first kappa shape index (κ1) is 16.3. The van der Waals surface area contributed by atoms with Gasteiger partial charge in [0.25, 0.3) is 11.1 Å². The van der Waals surface area contributed by atoms with E-state index in [0.29, 0.717) is 27.4 Å². The first-order chi connectivity index (χ1) is 11.6. The molecule has 122 valence electrons. The summed E-state index contributed by atoms with van der Waals surface area (Å²) in [6, 6.07) is 5.44. The lowest BCUT2D eigenvalue weighted by atomic mass is 10.3. The summed E-state index contributed by atoms with van der Waals surface area (Å²) >= 11 is 2.45. The number of hydrogen-bond acceptors (Lipinski definition) is 8. The van der Waals surface area contributed by atoms with Gasteiger partial charge in [0.15, 0.2) is 0 Å². The highest BCUT2D eigenvalue weighted by molar-refractivity contribution is 8.00. The van der Waals surface area contributed by atoms with Crippen LogP contribution in [-0.4, -0.2) is 21.4 Å². The van der Waals surface area contributed by atoms with Crippen LogP contribution in [0.25, 0.3) is 11.5 Å². The second kappa shape index (κ2) is 6.90. The number of thiophene rings is 1. The molecule has 0 aliphatic heterocycles. The molecule has 0 unspecified atom stereocenters. The van der Waals surface area contributed by atoms with Gasteiger partial charge in [0, 0.05) is 0 Å². The fourth-order valence-corrected chi connectivity index (χ4v) is 3.31. The Kier molecular flexibility index (Phi) is 4.69. The Hall–Kier alpha value is -2.57. The number of amides is 1. The summed E-state index contributed by atoms with van der Waals surface area (Å²) in [5, 5.41) is 21.7. The summed E-state index contributed by atoms with van der Waals surface area (Å²) in [7, 11) is 0. The van der Waals surface area contributed by atoms with Crippen LogP contribution in [0, 0.1) is 18.3 Å². The highest BCUT2D eigenvalue weighted by Crippen LogP contribution is 2.29. The molecule has 1 amide bonds. The van der Waals surface area contributed by atoms with Crippen molar-refractivity contribution in [3.8, 4) is 17.5 Å².